The van der Waals surface area contributed by atoms with Crippen molar-refractivity contribution in [1.29, 1.82) is 0 Å². The van der Waals surface area contributed by atoms with Crippen LogP contribution in [-0.2, 0) is 27.2 Å². The molecule has 0 bridgehead atoms. The van der Waals surface area contributed by atoms with Crippen molar-refractivity contribution in [2.24, 2.45) is 0 Å². The molecular weight excluding hydrogens is 493 g/mol. The van der Waals surface area contributed by atoms with Crippen LogP contribution in [0, 0.1) is 0 Å². The maximum absolute atomic E-state index is 12.6. The summed E-state index contributed by atoms with van der Waals surface area (Å²) in [5, 5.41) is 15.3. The Morgan fingerprint density at radius 1 is 0.943 bits per heavy atom. The number of carboxylic acids is 1. The van der Waals surface area contributed by atoms with E-state index in [1.807, 2.05) is 18.2 Å². The molecule has 35 heavy (non-hydrogen) atoms. The van der Waals surface area contributed by atoms with Gasteiger partial charge >= 0.3 is 11.9 Å². The number of hydrogen-bond acceptors (Lipinski definition) is 6. The standard InChI is InChI=1S/C25H23Cl2N3O5/c26-18-4-3-5-19(27)23(18)24(32)30-20(25(33)34)14-16-7-9-17(10-8-16)15-22(31)35-13-12-29-21-6-1-2-11-28-21/h1-11,20H,12-15H2,(H,28,29)(H,30,32)(H,33,34)/t20-/m0/s1. The highest BCUT2D eigenvalue weighted by Crippen LogP contribution is 2.24. The average Bonchev–Trinajstić information content (AvgIpc) is 2.83. The molecule has 3 rings (SSSR count). The van der Waals surface area contributed by atoms with E-state index in [2.05, 4.69) is 15.6 Å². The summed E-state index contributed by atoms with van der Waals surface area (Å²) in [4.78, 5) is 40.5. The van der Waals surface area contributed by atoms with Gasteiger partial charge in [-0.3, -0.25) is 9.59 Å². The lowest BCUT2D eigenvalue weighted by molar-refractivity contribution is -0.142. The molecule has 0 saturated heterocycles. The van der Waals surface area contributed by atoms with Gasteiger partial charge in [-0.2, -0.15) is 0 Å². The molecule has 0 aliphatic heterocycles. The van der Waals surface area contributed by atoms with Gasteiger partial charge in [0.15, 0.2) is 0 Å². The fourth-order valence-corrected chi connectivity index (χ4v) is 3.77. The molecule has 8 nitrogen and oxygen atoms in total. The van der Waals surface area contributed by atoms with E-state index in [-0.39, 0.29) is 41.0 Å². The lowest BCUT2D eigenvalue weighted by atomic mass is 10.0. The molecule has 0 fully saturated rings. The first kappa shape index (κ1) is 26.0. The molecule has 2 aromatic carbocycles. The summed E-state index contributed by atoms with van der Waals surface area (Å²) in [6.07, 6.45) is 1.78. The molecule has 1 amide bonds. The number of nitrogens with zero attached hydrogens (tertiary/aromatic N) is 1. The van der Waals surface area contributed by atoms with Crippen LogP contribution in [0.25, 0.3) is 0 Å². The third kappa shape index (κ3) is 7.98. The van der Waals surface area contributed by atoms with Crippen LogP contribution >= 0.6 is 23.2 Å². The Morgan fingerprint density at radius 2 is 1.63 bits per heavy atom. The predicted octanol–water partition coefficient (Wildman–Crippen LogP) is 4.01. The van der Waals surface area contributed by atoms with E-state index in [1.54, 1.807) is 36.5 Å². The average molecular weight is 516 g/mol. The summed E-state index contributed by atoms with van der Waals surface area (Å²) in [6.45, 7) is 0.631. The highest BCUT2D eigenvalue weighted by atomic mass is 35.5. The van der Waals surface area contributed by atoms with Crippen LogP contribution in [-0.4, -0.2) is 47.1 Å². The Kier molecular flexibility index (Phi) is 9.46. The maximum Gasteiger partial charge on any atom is 0.326 e. The molecule has 1 heterocycles. The van der Waals surface area contributed by atoms with E-state index in [1.165, 1.54) is 12.1 Å². The number of anilines is 1. The number of hydrogen-bond donors (Lipinski definition) is 3. The molecule has 182 valence electrons. The zero-order valence-electron chi connectivity index (χ0n) is 18.5. The Labute approximate surface area is 212 Å². The second-order valence-corrected chi connectivity index (χ2v) is 8.33. The predicted molar refractivity (Wildman–Crippen MR) is 133 cm³/mol. The van der Waals surface area contributed by atoms with Gasteiger partial charge in [0, 0.05) is 12.6 Å². The van der Waals surface area contributed by atoms with Gasteiger partial charge in [-0.05, 0) is 35.4 Å². The van der Waals surface area contributed by atoms with Gasteiger partial charge in [0.25, 0.3) is 5.91 Å². The lowest BCUT2D eigenvalue weighted by Gasteiger charge is -2.16. The number of pyridine rings is 1. The maximum atomic E-state index is 12.6. The van der Waals surface area contributed by atoms with E-state index in [0.29, 0.717) is 17.9 Å². The number of aliphatic carboxylic acids is 1. The van der Waals surface area contributed by atoms with Crippen molar-refractivity contribution in [2.45, 2.75) is 18.9 Å². The molecule has 0 saturated carbocycles. The van der Waals surface area contributed by atoms with Crippen LogP contribution in [0.5, 0.6) is 0 Å². The molecule has 3 N–H and O–H groups in total. The van der Waals surface area contributed by atoms with Crippen molar-refractivity contribution in [3.05, 3.63) is 93.6 Å². The van der Waals surface area contributed by atoms with Gasteiger partial charge in [0.1, 0.15) is 18.5 Å². The molecule has 3 aromatic rings. The van der Waals surface area contributed by atoms with Crippen molar-refractivity contribution in [1.82, 2.24) is 10.3 Å². The number of rotatable bonds is 11. The minimum atomic E-state index is -1.20. The lowest BCUT2D eigenvalue weighted by Crippen LogP contribution is -2.42. The van der Waals surface area contributed by atoms with E-state index in [9.17, 15) is 19.5 Å². The SMILES string of the molecule is O=C(Cc1ccc(C[C@H](NC(=O)c2c(Cl)cccc2Cl)C(=O)O)cc1)OCCNc1ccccn1. The van der Waals surface area contributed by atoms with Crippen LogP contribution in [0.1, 0.15) is 21.5 Å². The quantitative estimate of drug-likeness (QED) is 0.260. The monoisotopic (exact) mass is 515 g/mol. The second-order valence-electron chi connectivity index (χ2n) is 7.52. The summed E-state index contributed by atoms with van der Waals surface area (Å²) in [5.41, 5.74) is 1.40. The number of halogens is 2. The van der Waals surface area contributed by atoms with Crippen molar-refractivity contribution in [2.75, 3.05) is 18.5 Å². The molecule has 0 unspecified atom stereocenters. The third-order valence-corrected chi connectivity index (χ3v) is 5.57. The minimum Gasteiger partial charge on any atom is -0.480 e. The van der Waals surface area contributed by atoms with Gasteiger partial charge in [0.05, 0.1) is 28.6 Å². The first-order valence-electron chi connectivity index (χ1n) is 10.7. The number of esters is 1. The number of carbonyl (C=O) groups is 3. The first-order chi connectivity index (χ1) is 16.8. The highest BCUT2D eigenvalue weighted by Gasteiger charge is 2.23. The summed E-state index contributed by atoms with van der Waals surface area (Å²) in [5.74, 6) is -1.56. The zero-order chi connectivity index (χ0) is 25.2. The number of amides is 1. The van der Waals surface area contributed by atoms with E-state index in [4.69, 9.17) is 27.9 Å². The van der Waals surface area contributed by atoms with Gasteiger partial charge < -0.3 is 20.5 Å². The van der Waals surface area contributed by atoms with Crippen LogP contribution in [0.15, 0.2) is 66.9 Å². The van der Waals surface area contributed by atoms with Crippen molar-refractivity contribution in [3.8, 4) is 0 Å². The van der Waals surface area contributed by atoms with E-state index >= 15 is 0 Å². The van der Waals surface area contributed by atoms with E-state index < -0.39 is 17.9 Å². The summed E-state index contributed by atoms with van der Waals surface area (Å²) in [6, 6.07) is 15.7. The van der Waals surface area contributed by atoms with Crippen molar-refractivity contribution < 1.29 is 24.2 Å². The van der Waals surface area contributed by atoms with Gasteiger partial charge in [-0.1, -0.05) is 59.6 Å². The second kappa shape index (κ2) is 12.7. The summed E-state index contributed by atoms with van der Waals surface area (Å²) < 4.78 is 5.22. The summed E-state index contributed by atoms with van der Waals surface area (Å²) in [7, 11) is 0. The van der Waals surface area contributed by atoms with Crippen LogP contribution in [0.4, 0.5) is 5.82 Å². The zero-order valence-corrected chi connectivity index (χ0v) is 20.1. The Hall–Kier alpha value is -3.62. The minimum absolute atomic E-state index is 0.0196. The first-order valence-corrected chi connectivity index (χ1v) is 11.4. The van der Waals surface area contributed by atoms with Gasteiger partial charge in [0.2, 0.25) is 0 Å². The van der Waals surface area contributed by atoms with Crippen LogP contribution < -0.4 is 10.6 Å². The molecule has 0 aliphatic carbocycles. The van der Waals surface area contributed by atoms with Crippen LogP contribution in [0.3, 0.4) is 0 Å². The Bertz CT molecular complexity index is 1150. The number of carbonyl (C=O) groups excluding carboxylic acids is 2. The Morgan fingerprint density at radius 3 is 2.26 bits per heavy atom. The molecule has 10 heteroatoms. The largest absolute Gasteiger partial charge is 0.480 e. The fraction of sp³-hybridized carbons (Fsp3) is 0.200. The van der Waals surface area contributed by atoms with Gasteiger partial charge in [-0.25, -0.2) is 9.78 Å². The van der Waals surface area contributed by atoms with E-state index in [0.717, 1.165) is 5.56 Å². The molecule has 1 atom stereocenters. The summed E-state index contributed by atoms with van der Waals surface area (Å²) >= 11 is 12.1. The molecule has 0 aliphatic rings. The third-order valence-electron chi connectivity index (χ3n) is 4.94. The molecular formula is C25H23Cl2N3O5. The molecule has 1 aromatic heterocycles. The van der Waals surface area contributed by atoms with Crippen molar-refractivity contribution in [3.63, 3.8) is 0 Å². The molecule has 0 radical (unpaired) electrons. The van der Waals surface area contributed by atoms with Crippen LogP contribution in [0.2, 0.25) is 10.0 Å². The number of carboxylic acid groups (broad SMARTS) is 1. The molecule has 0 spiro atoms. The number of benzene rings is 2. The fourth-order valence-electron chi connectivity index (χ4n) is 3.20. The van der Waals surface area contributed by atoms with Crippen molar-refractivity contribution >= 4 is 46.9 Å². The number of ether oxygens (including phenoxy) is 1. The highest BCUT2D eigenvalue weighted by molar-refractivity contribution is 6.39. The van der Waals surface area contributed by atoms with Gasteiger partial charge in [-0.15, -0.1) is 0 Å². The smallest absolute Gasteiger partial charge is 0.326 e. The number of aromatic nitrogens is 1. The topological polar surface area (TPSA) is 118 Å². The number of nitrogens with one attached hydrogen (secondary N) is 2. The normalized spacial score (nSPS) is 11.4. The Balaban J connectivity index is 1.49.